The van der Waals surface area contributed by atoms with Crippen molar-refractivity contribution in [3.63, 3.8) is 0 Å². The van der Waals surface area contributed by atoms with Crippen LogP contribution in [0.1, 0.15) is 26.5 Å². The number of hydrogen-bond donors (Lipinski definition) is 5. The number of anilines is 4. The number of esters is 1. The average Bonchev–Trinajstić information content (AvgIpc) is 3.21. The van der Waals surface area contributed by atoms with Gasteiger partial charge < -0.3 is 26.6 Å². The fourth-order valence-corrected chi connectivity index (χ4v) is 3.02. The number of halogens is 1. The Labute approximate surface area is 195 Å². The third-order valence-corrected chi connectivity index (χ3v) is 4.61. The lowest BCUT2D eigenvalue weighted by atomic mass is 10.1. The second-order valence-corrected chi connectivity index (χ2v) is 7.01. The van der Waals surface area contributed by atoms with Gasteiger partial charge in [-0.1, -0.05) is 12.1 Å². The van der Waals surface area contributed by atoms with Crippen LogP contribution in [0.15, 0.2) is 46.0 Å². The zero-order valence-corrected chi connectivity index (χ0v) is 18.3. The molecule has 0 bridgehead atoms. The molecule has 0 aliphatic rings. The topological polar surface area (TPSA) is 204 Å². The maximum absolute atomic E-state index is 11.5. The number of nitrogen functional groups attached to an aromatic ring is 2. The molecule has 0 saturated carbocycles. The summed E-state index contributed by atoms with van der Waals surface area (Å²) in [6.45, 7) is 0.498. The SMILES string of the molecule is COC(=O)c1cc(C(=O)O)nc2cc(N)nn12.Nc1c(Nc2cccc(CNCl)c2)c(=O)c1=O. The molecule has 0 atom stereocenters. The van der Waals surface area contributed by atoms with Crippen LogP contribution in [-0.4, -0.2) is 38.8 Å². The molecule has 0 unspecified atom stereocenters. The minimum Gasteiger partial charge on any atom is -0.477 e. The summed E-state index contributed by atoms with van der Waals surface area (Å²) in [4.78, 5) is 50.7. The Hall–Kier alpha value is -4.49. The highest BCUT2D eigenvalue weighted by atomic mass is 35.5. The van der Waals surface area contributed by atoms with Gasteiger partial charge in [-0.25, -0.2) is 23.9 Å². The van der Waals surface area contributed by atoms with Crippen molar-refractivity contribution in [3.05, 3.63) is 73.8 Å². The van der Waals surface area contributed by atoms with E-state index in [4.69, 9.17) is 28.4 Å². The van der Waals surface area contributed by atoms with E-state index >= 15 is 0 Å². The summed E-state index contributed by atoms with van der Waals surface area (Å²) in [6.07, 6.45) is 0. The van der Waals surface area contributed by atoms with Gasteiger partial charge in [0.2, 0.25) is 0 Å². The number of carbonyl (C=O) groups is 2. The summed E-state index contributed by atoms with van der Waals surface area (Å²) < 4.78 is 5.66. The van der Waals surface area contributed by atoms with Crippen LogP contribution >= 0.6 is 11.8 Å². The summed E-state index contributed by atoms with van der Waals surface area (Å²) in [5, 5.41) is 15.5. The zero-order chi connectivity index (χ0) is 25.0. The van der Waals surface area contributed by atoms with Gasteiger partial charge >= 0.3 is 11.9 Å². The fraction of sp³-hybridized carbons (Fsp3) is 0.100. The molecule has 4 aromatic rings. The third-order valence-electron chi connectivity index (χ3n) is 4.47. The molecule has 14 heteroatoms. The van der Waals surface area contributed by atoms with E-state index in [0.29, 0.717) is 12.2 Å². The number of nitrogens with zero attached hydrogens (tertiary/aromatic N) is 3. The maximum atomic E-state index is 11.5. The predicted molar refractivity (Wildman–Crippen MR) is 124 cm³/mol. The number of benzene rings is 1. The number of rotatable bonds is 6. The van der Waals surface area contributed by atoms with Crippen molar-refractivity contribution in [3.8, 4) is 0 Å². The van der Waals surface area contributed by atoms with E-state index < -0.39 is 22.8 Å². The van der Waals surface area contributed by atoms with E-state index in [1.54, 1.807) is 6.07 Å². The van der Waals surface area contributed by atoms with Gasteiger partial charge in [-0.3, -0.25) is 9.59 Å². The number of aromatic nitrogens is 3. The van der Waals surface area contributed by atoms with Crippen LogP contribution in [0.5, 0.6) is 0 Å². The average molecular weight is 488 g/mol. The molecule has 2 heterocycles. The number of aromatic carboxylic acids is 1. The smallest absolute Gasteiger partial charge is 0.356 e. The molecule has 0 fully saturated rings. The Morgan fingerprint density at radius 3 is 2.53 bits per heavy atom. The van der Waals surface area contributed by atoms with Gasteiger partial charge in [0.05, 0.1) is 7.11 Å². The monoisotopic (exact) mass is 487 g/mol. The summed E-state index contributed by atoms with van der Waals surface area (Å²) in [5.41, 5.74) is 11.3. The molecule has 2 aromatic carbocycles. The molecular formula is C20H18ClN7O6. The molecule has 0 spiro atoms. The first-order valence-corrected chi connectivity index (χ1v) is 9.80. The maximum Gasteiger partial charge on any atom is 0.356 e. The Kier molecular flexibility index (Phi) is 7.09. The molecule has 13 nitrogen and oxygen atoms in total. The van der Waals surface area contributed by atoms with Crippen LogP contribution in [-0.2, 0) is 11.3 Å². The molecule has 176 valence electrons. The molecule has 2 aromatic heterocycles. The van der Waals surface area contributed by atoms with Crippen LogP contribution in [0.2, 0.25) is 0 Å². The van der Waals surface area contributed by atoms with Crippen molar-refractivity contribution in [2.24, 2.45) is 0 Å². The summed E-state index contributed by atoms with van der Waals surface area (Å²) >= 11 is 5.40. The van der Waals surface area contributed by atoms with Crippen molar-refractivity contribution in [2.75, 3.05) is 23.9 Å². The van der Waals surface area contributed by atoms with Gasteiger partial charge in [0.25, 0.3) is 10.9 Å². The van der Waals surface area contributed by atoms with Crippen LogP contribution in [0.4, 0.5) is 22.9 Å². The predicted octanol–water partition coefficient (Wildman–Crippen LogP) is 0.648. The van der Waals surface area contributed by atoms with E-state index in [1.807, 2.05) is 18.2 Å². The highest BCUT2D eigenvalue weighted by Gasteiger charge is 2.19. The molecular weight excluding hydrogens is 470 g/mol. The van der Waals surface area contributed by atoms with Crippen molar-refractivity contribution in [1.29, 1.82) is 0 Å². The highest BCUT2D eigenvalue weighted by molar-refractivity contribution is 6.13. The molecule has 0 radical (unpaired) electrons. The second kappa shape index (κ2) is 9.97. The number of nitrogens with one attached hydrogen (secondary N) is 2. The number of carboxylic acids is 1. The quantitative estimate of drug-likeness (QED) is 0.144. The van der Waals surface area contributed by atoms with Gasteiger partial charge in [-0.15, -0.1) is 5.10 Å². The first kappa shape index (κ1) is 24.2. The minimum absolute atomic E-state index is 0.0177. The van der Waals surface area contributed by atoms with Crippen LogP contribution in [0, 0.1) is 0 Å². The Balaban J connectivity index is 0.000000191. The van der Waals surface area contributed by atoms with Gasteiger partial charge in [0.1, 0.15) is 17.2 Å². The van der Waals surface area contributed by atoms with E-state index in [2.05, 4.69) is 25.0 Å². The van der Waals surface area contributed by atoms with Crippen molar-refractivity contribution >= 4 is 52.2 Å². The lowest BCUT2D eigenvalue weighted by molar-refractivity contribution is 0.0590. The number of carbonyl (C=O) groups excluding carboxylic acids is 1. The Morgan fingerprint density at radius 2 is 1.91 bits per heavy atom. The molecule has 34 heavy (non-hydrogen) atoms. The van der Waals surface area contributed by atoms with E-state index in [0.717, 1.165) is 16.1 Å². The van der Waals surface area contributed by atoms with E-state index in [-0.39, 0.29) is 34.2 Å². The minimum atomic E-state index is -1.25. The summed E-state index contributed by atoms with van der Waals surface area (Å²) in [7, 11) is 1.18. The number of nitrogens with two attached hydrogens (primary N) is 2. The third kappa shape index (κ3) is 4.95. The first-order valence-electron chi connectivity index (χ1n) is 9.42. The number of carboxylic acid groups (broad SMARTS) is 1. The van der Waals surface area contributed by atoms with Gasteiger partial charge in [-0.05, 0) is 29.5 Å². The molecule has 4 rings (SSSR count). The number of ether oxygens (including phenoxy) is 1. The van der Waals surface area contributed by atoms with Gasteiger partial charge in [0, 0.05) is 24.4 Å². The van der Waals surface area contributed by atoms with Crippen molar-refractivity contribution < 1.29 is 19.4 Å². The van der Waals surface area contributed by atoms with Crippen LogP contribution < -0.4 is 32.5 Å². The number of hydrogen-bond acceptors (Lipinski definition) is 11. The van der Waals surface area contributed by atoms with E-state index in [1.165, 1.54) is 13.2 Å². The van der Waals surface area contributed by atoms with Gasteiger partial charge in [-0.2, -0.15) is 0 Å². The lowest BCUT2D eigenvalue weighted by Gasteiger charge is -2.10. The number of fused-ring (bicyclic) bond motifs is 1. The molecule has 0 aliphatic carbocycles. The molecule has 0 saturated heterocycles. The molecule has 0 aliphatic heterocycles. The van der Waals surface area contributed by atoms with Crippen LogP contribution in [0.3, 0.4) is 0 Å². The normalized spacial score (nSPS) is 10.5. The zero-order valence-electron chi connectivity index (χ0n) is 17.5. The molecule has 7 N–H and O–H groups in total. The lowest BCUT2D eigenvalue weighted by Crippen LogP contribution is -2.36. The second-order valence-electron chi connectivity index (χ2n) is 6.75. The van der Waals surface area contributed by atoms with Gasteiger partial charge in [0.15, 0.2) is 17.0 Å². The van der Waals surface area contributed by atoms with Crippen molar-refractivity contribution in [2.45, 2.75) is 6.54 Å². The molecule has 0 amide bonds. The largest absolute Gasteiger partial charge is 0.477 e. The summed E-state index contributed by atoms with van der Waals surface area (Å²) in [6, 6.07) is 9.71. The van der Waals surface area contributed by atoms with E-state index in [9.17, 15) is 19.2 Å². The Morgan fingerprint density at radius 1 is 1.18 bits per heavy atom. The summed E-state index contributed by atoms with van der Waals surface area (Å²) in [5.74, 6) is -1.84. The Bertz CT molecular complexity index is 1460. The van der Waals surface area contributed by atoms with Crippen molar-refractivity contribution in [1.82, 2.24) is 19.4 Å². The fourth-order valence-electron chi connectivity index (χ4n) is 2.87. The standard InChI is InChI=1S/C11H10ClN3O2.C9H8N4O4/c12-14-5-6-2-1-3-7(4-6)15-9-8(13)10(16)11(9)17;1-17-9(16)5-2-4(8(14)15)11-7-3-6(10)12-13(5)7/h1-4,14-15H,5,13H2;2-3H,1H3,(H2,10,12)(H,14,15). The number of methoxy groups -OCH3 is 1. The first-order chi connectivity index (χ1) is 16.2. The van der Waals surface area contributed by atoms with Crippen LogP contribution in [0.25, 0.3) is 5.65 Å². The highest BCUT2D eigenvalue weighted by Crippen LogP contribution is 2.19.